The number of H-pyrrole nitrogens is 1. The molecule has 130 valence electrons. The van der Waals surface area contributed by atoms with Crippen LogP contribution in [0.1, 0.15) is 33.4 Å². The predicted molar refractivity (Wildman–Crippen MR) is 101 cm³/mol. The maximum absolute atomic E-state index is 12.8. The summed E-state index contributed by atoms with van der Waals surface area (Å²) in [7, 11) is 3.98. The van der Waals surface area contributed by atoms with Crippen molar-refractivity contribution in [2.45, 2.75) is 19.9 Å². The molecule has 3 aromatic rings. The lowest BCUT2D eigenvalue weighted by Crippen LogP contribution is -2.36. The Morgan fingerprint density at radius 2 is 1.96 bits per heavy atom. The van der Waals surface area contributed by atoms with E-state index in [4.69, 9.17) is 0 Å². The van der Waals surface area contributed by atoms with E-state index >= 15 is 0 Å². The van der Waals surface area contributed by atoms with Crippen LogP contribution in [0.3, 0.4) is 0 Å². The number of amides is 1. The summed E-state index contributed by atoms with van der Waals surface area (Å²) in [5, 5.41) is 4.17. The molecule has 5 nitrogen and oxygen atoms in total. The van der Waals surface area contributed by atoms with Crippen LogP contribution in [0.2, 0.25) is 0 Å². The van der Waals surface area contributed by atoms with E-state index in [1.165, 1.54) is 0 Å². The first kappa shape index (κ1) is 17.2. The molecular formula is C20H24N4O. The summed E-state index contributed by atoms with van der Waals surface area (Å²) in [5.74, 6) is -0.118. The molecule has 0 saturated heterocycles. The molecule has 0 bridgehead atoms. The van der Waals surface area contributed by atoms with Crippen LogP contribution >= 0.6 is 0 Å². The molecule has 3 rings (SSSR count). The molecule has 2 aromatic heterocycles. The summed E-state index contributed by atoms with van der Waals surface area (Å²) in [6, 6.07) is 11.7. The van der Waals surface area contributed by atoms with Crippen molar-refractivity contribution in [1.29, 1.82) is 0 Å². The zero-order valence-corrected chi connectivity index (χ0v) is 15.1. The van der Waals surface area contributed by atoms with Crippen molar-refractivity contribution in [2.75, 3.05) is 20.6 Å². The van der Waals surface area contributed by atoms with Gasteiger partial charge in [-0.15, -0.1) is 0 Å². The van der Waals surface area contributed by atoms with Gasteiger partial charge in [0.15, 0.2) is 0 Å². The van der Waals surface area contributed by atoms with E-state index in [9.17, 15) is 4.79 Å². The zero-order chi connectivity index (χ0) is 18.0. The summed E-state index contributed by atoms with van der Waals surface area (Å²) >= 11 is 0. The van der Waals surface area contributed by atoms with Crippen LogP contribution in [0.15, 0.2) is 42.6 Å². The second kappa shape index (κ2) is 7.07. The van der Waals surface area contributed by atoms with Crippen LogP contribution in [-0.2, 0) is 0 Å². The smallest absolute Gasteiger partial charge is 0.268 e. The van der Waals surface area contributed by atoms with Gasteiger partial charge in [-0.25, -0.2) is 0 Å². The molecule has 2 N–H and O–H groups in total. The Morgan fingerprint density at radius 3 is 2.64 bits per heavy atom. The van der Waals surface area contributed by atoms with Crippen LogP contribution in [0, 0.1) is 13.8 Å². The number of para-hydroxylation sites is 1. The number of nitrogens with one attached hydrogen (secondary N) is 2. The fourth-order valence-corrected chi connectivity index (χ4v) is 3.09. The molecule has 1 aromatic carbocycles. The Kier molecular flexibility index (Phi) is 4.86. The van der Waals surface area contributed by atoms with Crippen LogP contribution in [0.4, 0.5) is 0 Å². The second-order valence-electron chi connectivity index (χ2n) is 6.72. The summed E-state index contributed by atoms with van der Waals surface area (Å²) < 4.78 is 0. The Labute approximate surface area is 148 Å². The van der Waals surface area contributed by atoms with Gasteiger partial charge in [0.1, 0.15) is 5.69 Å². The molecule has 0 spiro atoms. The number of hydrogen-bond acceptors (Lipinski definition) is 3. The Hall–Kier alpha value is -2.66. The zero-order valence-electron chi connectivity index (χ0n) is 15.1. The van der Waals surface area contributed by atoms with Gasteiger partial charge in [-0.3, -0.25) is 9.78 Å². The Bertz CT molecular complexity index is 898. The van der Waals surface area contributed by atoms with Crippen molar-refractivity contribution in [3.8, 4) is 0 Å². The standard InChI is InChI=1S/C20H24N4O/c1-13-7-5-9-15-11-16(22-18(13)15)20(25)23-17(12-24(3)4)19-14(2)8-6-10-21-19/h5-11,17,22H,12H2,1-4H3,(H,23,25). The van der Waals surface area contributed by atoms with Gasteiger partial charge in [0.2, 0.25) is 0 Å². The highest BCUT2D eigenvalue weighted by Gasteiger charge is 2.20. The lowest BCUT2D eigenvalue weighted by molar-refractivity contribution is 0.0924. The first-order chi connectivity index (χ1) is 12.0. The van der Waals surface area contributed by atoms with Gasteiger partial charge in [0.05, 0.1) is 11.7 Å². The van der Waals surface area contributed by atoms with E-state index < -0.39 is 0 Å². The van der Waals surface area contributed by atoms with E-state index in [0.29, 0.717) is 12.2 Å². The number of nitrogens with zero attached hydrogens (tertiary/aromatic N) is 2. The number of benzene rings is 1. The largest absolute Gasteiger partial charge is 0.350 e. The lowest BCUT2D eigenvalue weighted by atomic mass is 10.1. The number of likely N-dealkylation sites (N-methyl/N-ethyl adjacent to an activating group) is 1. The molecule has 1 atom stereocenters. The average molecular weight is 336 g/mol. The average Bonchev–Trinajstić information content (AvgIpc) is 3.00. The molecule has 0 aliphatic rings. The van der Waals surface area contributed by atoms with Gasteiger partial charge < -0.3 is 15.2 Å². The maximum Gasteiger partial charge on any atom is 0.268 e. The van der Waals surface area contributed by atoms with Crippen molar-refractivity contribution >= 4 is 16.8 Å². The van der Waals surface area contributed by atoms with E-state index in [-0.39, 0.29) is 11.9 Å². The van der Waals surface area contributed by atoms with Crippen LogP contribution in [-0.4, -0.2) is 41.4 Å². The van der Waals surface area contributed by atoms with Crippen molar-refractivity contribution in [3.63, 3.8) is 0 Å². The second-order valence-corrected chi connectivity index (χ2v) is 6.72. The minimum Gasteiger partial charge on any atom is -0.350 e. The summed E-state index contributed by atoms with van der Waals surface area (Å²) in [6.07, 6.45) is 1.77. The first-order valence-electron chi connectivity index (χ1n) is 8.41. The molecule has 0 fully saturated rings. The number of hydrogen-bond donors (Lipinski definition) is 2. The number of pyridine rings is 1. The number of fused-ring (bicyclic) bond motifs is 1. The van der Waals surface area contributed by atoms with Gasteiger partial charge in [0, 0.05) is 23.6 Å². The first-order valence-corrected chi connectivity index (χ1v) is 8.41. The van der Waals surface area contributed by atoms with Crippen LogP contribution < -0.4 is 5.32 Å². The van der Waals surface area contributed by atoms with Gasteiger partial charge in [-0.05, 0) is 51.2 Å². The molecule has 1 amide bonds. The van der Waals surface area contributed by atoms with E-state index in [0.717, 1.165) is 27.7 Å². The number of carbonyl (C=O) groups excluding carboxylic acids is 1. The number of carbonyl (C=O) groups is 1. The SMILES string of the molecule is Cc1cccnc1C(CN(C)C)NC(=O)c1cc2cccc(C)c2[nH]1. The molecule has 0 radical (unpaired) electrons. The molecule has 25 heavy (non-hydrogen) atoms. The topological polar surface area (TPSA) is 61.0 Å². The minimum absolute atomic E-state index is 0.118. The van der Waals surface area contributed by atoms with E-state index in [1.807, 2.05) is 64.3 Å². The van der Waals surface area contributed by atoms with Crippen LogP contribution in [0.25, 0.3) is 10.9 Å². The molecule has 0 saturated carbocycles. The molecule has 5 heteroatoms. The maximum atomic E-state index is 12.8. The number of aromatic nitrogens is 2. The number of aromatic amines is 1. The summed E-state index contributed by atoms with van der Waals surface area (Å²) in [5.41, 5.74) is 4.67. The Morgan fingerprint density at radius 1 is 1.20 bits per heavy atom. The predicted octanol–water partition coefficient (Wildman–Crippen LogP) is 3.21. The van der Waals surface area contributed by atoms with Crippen molar-refractivity contribution in [2.24, 2.45) is 0 Å². The number of rotatable bonds is 5. The van der Waals surface area contributed by atoms with E-state index in [1.54, 1.807) is 6.20 Å². The normalized spacial score (nSPS) is 12.5. The fourth-order valence-electron chi connectivity index (χ4n) is 3.09. The Balaban J connectivity index is 1.89. The monoisotopic (exact) mass is 336 g/mol. The van der Waals surface area contributed by atoms with Crippen molar-refractivity contribution in [3.05, 3.63) is 65.1 Å². The quantitative estimate of drug-likeness (QED) is 0.752. The van der Waals surface area contributed by atoms with Gasteiger partial charge in [-0.1, -0.05) is 24.3 Å². The third-order valence-electron chi connectivity index (χ3n) is 4.34. The molecule has 2 heterocycles. The third-order valence-corrected chi connectivity index (χ3v) is 4.34. The molecule has 0 aliphatic carbocycles. The lowest BCUT2D eigenvalue weighted by Gasteiger charge is -2.23. The van der Waals surface area contributed by atoms with Crippen molar-refractivity contribution in [1.82, 2.24) is 20.2 Å². The highest BCUT2D eigenvalue weighted by Crippen LogP contribution is 2.20. The minimum atomic E-state index is -0.170. The highest BCUT2D eigenvalue weighted by molar-refractivity contribution is 5.98. The van der Waals surface area contributed by atoms with Gasteiger partial charge in [-0.2, -0.15) is 0 Å². The summed E-state index contributed by atoms with van der Waals surface area (Å²) in [6.45, 7) is 4.74. The fraction of sp³-hybridized carbons (Fsp3) is 0.300. The third kappa shape index (κ3) is 3.72. The van der Waals surface area contributed by atoms with Gasteiger partial charge >= 0.3 is 0 Å². The molecule has 0 aliphatic heterocycles. The van der Waals surface area contributed by atoms with Gasteiger partial charge in [0.25, 0.3) is 5.91 Å². The number of aryl methyl sites for hydroxylation is 2. The molecular weight excluding hydrogens is 312 g/mol. The summed E-state index contributed by atoms with van der Waals surface area (Å²) in [4.78, 5) is 22.6. The van der Waals surface area contributed by atoms with Crippen LogP contribution in [0.5, 0.6) is 0 Å². The van der Waals surface area contributed by atoms with Crippen molar-refractivity contribution < 1.29 is 4.79 Å². The highest BCUT2D eigenvalue weighted by atomic mass is 16.2. The van der Waals surface area contributed by atoms with E-state index in [2.05, 4.69) is 20.2 Å². The molecule has 1 unspecified atom stereocenters.